The van der Waals surface area contributed by atoms with Gasteiger partial charge in [-0.15, -0.1) is 0 Å². The van der Waals surface area contributed by atoms with Crippen molar-refractivity contribution in [3.05, 3.63) is 12.2 Å². The fraction of sp³-hybridized carbons (Fsp3) is 0.895. The largest absolute Gasteiger partial charge is 0.462 e. The highest BCUT2D eigenvalue weighted by Gasteiger charge is 2.06. The maximum atomic E-state index is 11.9. The van der Waals surface area contributed by atoms with Crippen molar-refractivity contribution in [2.24, 2.45) is 0 Å². The van der Waals surface area contributed by atoms with Crippen molar-refractivity contribution in [3.63, 3.8) is 0 Å². The highest BCUT2D eigenvalue weighted by atomic mass is 16.6. The minimum atomic E-state index is -0.175. The van der Waals surface area contributed by atoms with Crippen molar-refractivity contribution in [2.75, 3.05) is 13.2 Å². The molecule has 0 atom stereocenters. The van der Waals surface area contributed by atoms with Gasteiger partial charge in [0, 0.05) is 12.8 Å². The van der Waals surface area contributed by atoms with E-state index in [1.54, 1.807) is 0 Å². The maximum absolute atomic E-state index is 11.9. The molecule has 42 heavy (non-hydrogen) atoms. The van der Waals surface area contributed by atoms with Crippen molar-refractivity contribution in [2.45, 2.75) is 206 Å². The molecule has 0 N–H and O–H groups in total. The lowest BCUT2D eigenvalue weighted by atomic mass is 10.0. The first kappa shape index (κ1) is 40.7. The highest BCUT2D eigenvalue weighted by molar-refractivity contribution is 5.70. The molecular weight excluding hydrogens is 520 g/mol. The Balaban J connectivity index is 3.30. The van der Waals surface area contributed by atoms with Crippen LogP contribution in [-0.2, 0) is 19.1 Å². The number of carbonyl (C=O) groups is 2. The molecule has 0 aromatic heterocycles. The van der Waals surface area contributed by atoms with Gasteiger partial charge in [-0.2, -0.15) is 0 Å². The molecule has 0 fully saturated rings. The van der Waals surface area contributed by atoms with Crippen LogP contribution in [0.2, 0.25) is 0 Å². The monoisotopic (exact) mass is 593 g/mol. The molecule has 0 saturated heterocycles. The Hall–Kier alpha value is -1.32. The molecule has 0 amide bonds. The van der Waals surface area contributed by atoms with Crippen LogP contribution >= 0.6 is 0 Å². The van der Waals surface area contributed by atoms with Crippen LogP contribution in [0.4, 0.5) is 0 Å². The molecule has 0 unspecified atom stereocenters. The predicted octanol–water partition coefficient (Wildman–Crippen LogP) is 12.4. The van der Waals surface area contributed by atoms with Crippen LogP contribution in [0.25, 0.3) is 0 Å². The Morgan fingerprint density at radius 3 is 0.952 bits per heavy atom. The maximum Gasteiger partial charge on any atom is 0.305 e. The standard InChI is InChI=1S/C38H72O4/c1-3-5-7-9-11-13-15-17-19-21-23-25-27-29-31-33-37(39)41-35-36-42-38(40)34-32-30-28-26-24-22-20-18-16-14-12-10-8-6-4-2/h17,19H,3-16,18,20-36H2,1-2H3. The van der Waals surface area contributed by atoms with Gasteiger partial charge < -0.3 is 9.47 Å². The van der Waals surface area contributed by atoms with E-state index in [1.807, 2.05) is 0 Å². The van der Waals surface area contributed by atoms with Gasteiger partial charge in [-0.3, -0.25) is 9.59 Å². The first-order valence-corrected chi connectivity index (χ1v) is 18.7. The van der Waals surface area contributed by atoms with E-state index >= 15 is 0 Å². The SMILES string of the molecule is CCCCCCCCC=CCCCCCCCC(=O)OCCOC(=O)CCCCCCCCCCCCCCCCC. The third kappa shape index (κ3) is 34.9. The van der Waals surface area contributed by atoms with Crippen LogP contribution in [0.3, 0.4) is 0 Å². The molecule has 248 valence electrons. The van der Waals surface area contributed by atoms with Crippen molar-refractivity contribution >= 4 is 11.9 Å². The molecule has 0 saturated carbocycles. The second kappa shape index (κ2) is 35.9. The average Bonchev–Trinajstić information content (AvgIpc) is 2.99. The molecular formula is C38H72O4. The zero-order chi connectivity index (χ0) is 30.6. The molecule has 0 aliphatic rings. The Labute approximate surface area is 262 Å². The lowest BCUT2D eigenvalue weighted by Crippen LogP contribution is -2.13. The van der Waals surface area contributed by atoms with E-state index in [9.17, 15) is 9.59 Å². The molecule has 0 aliphatic carbocycles. The summed E-state index contributed by atoms with van der Waals surface area (Å²) in [6.45, 7) is 4.89. The third-order valence-electron chi connectivity index (χ3n) is 8.24. The van der Waals surface area contributed by atoms with Crippen molar-refractivity contribution < 1.29 is 19.1 Å². The summed E-state index contributed by atoms with van der Waals surface area (Å²) in [5.74, 6) is -0.343. The summed E-state index contributed by atoms with van der Waals surface area (Å²) in [6.07, 6.45) is 41.6. The molecule has 0 aliphatic heterocycles. The van der Waals surface area contributed by atoms with E-state index in [1.165, 1.54) is 154 Å². The van der Waals surface area contributed by atoms with Gasteiger partial charge in [0.25, 0.3) is 0 Å². The number of ether oxygens (including phenoxy) is 2. The van der Waals surface area contributed by atoms with Gasteiger partial charge in [-0.05, 0) is 38.5 Å². The van der Waals surface area contributed by atoms with E-state index in [-0.39, 0.29) is 25.2 Å². The van der Waals surface area contributed by atoms with Gasteiger partial charge >= 0.3 is 11.9 Å². The minimum absolute atomic E-state index is 0.169. The molecule has 0 bridgehead atoms. The van der Waals surface area contributed by atoms with Crippen LogP contribution in [0, 0.1) is 0 Å². The summed E-state index contributed by atoms with van der Waals surface area (Å²) in [5, 5.41) is 0. The minimum Gasteiger partial charge on any atom is -0.462 e. The summed E-state index contributed by atoms with van der Waals surface area (Å²) in [6, 6.07) is 0. The second-order valence-corrected chi connectivity index (χ2v) is 12.5. The lowest BCUT2D eigenvalue weighted by Gasteiger charge is -2.07. The highest BCUT2D eigenvalue weighted by Crippen LogP contribution is 2.14. The molecule has 0 heterocycles. The van der Waals surface area contributed by atoms with Gasteiger partial charge in [0.1, 0.15) is 13.2 Å². The van der Waals surface area contributed by atoms with E-state index < -0.39 is 0 Å². The van der Waals surface area contributed by atoms with Gasteiger partial charge in [0.2, 0.25) is 0 Å². The van der Waals surface area contributed by atoms with Crippen LogP contribution in [-0.4, -0.2) is 25.2 Å². The Morgan fingerprint density at radius 2 is 0.643 bits per heavy atom. The zero-order valence-corrected chi connectivity index (χ0v) is 28.4. The summed E-state index contributed by atoms with van der Waals surface area (Å²) >= 11 is 0. The van der Waals surface area contributed by atoms with Gasteiger partial charge in [0.05, 0.1) is 0 Å². The topological polar surface area (TPSA) is 52.6 Å². The van der Waals surface area contributed by atoms with Crippen LogP contribution in [0.1, 0.15) is 206 Å². The molecule has 4 nitrogen and oxygen atoms in total. The number of hydrogen-bond acceptors (Lipinski definition) is 4. The molecule has 4 heteroatoms. The van der Waals surface area contributed by atoms with Crippen LogP contribution < -0.4 is 0 Å². The third-order valence-corrected chi connectivity index (χ3v) is 8.24. The fourth-order valence-electron chi connectivity index (χ4n) is 5.44. The Morgan fingerprint density at radius 1 is 0.381 bits per heavy atom. The number of unbranched alkanes of at least 4 members (excludes halogenated alkanes) is 25. The van der Waals surface area contributed by atoms with E-state index in [0.29, 0.717) is 12.8 Å². The summed E-state index contributed by atoms with van der Waals surface area (Å²) < 4.78 is 10.4. The zero-order valence-electron chi connectivity index (χ0n) is 28.4. The average molecular weight is 593 g/mol. The number of hydrogen-bond donors (Lipinski definition) is 0. The summed E-state index contributed by atoms with van der Waals surface area (Å²) in [7, 11) is 0. The predicted molar refractivity (Wildman–Crippen MR) is 181 cm³/mol. The first-order valence-electron chi connectivity index (χ1n) is 18.7. The fourth-order valence-corrected chi connectivity index (χ4v) is 5.44. The normalized spacial score (nSPS) is 11.4. The molecule has 0 spiro atoms. The number of esters is 2. The van der Waals surface area contributed by atoms with Crippen molar-refractivity contribution in [1.29, 1.82) is 0 Å². The lowest BCUT2D eigenvalue weighted by molar-refractivity contribution is -0.152. The van der Waals surface area contributed by atoms with E-state index in [2.05, 4.69) is 26.0 Å². The van der Waals surface area contributed by atoms with Crippen molar-refractivity contribution in [1.82, 2.24) is 0 Å². The van der Waals surface area contributed by atoms with Gasteiger partial charge in [0.15, 0.2) is 0 Å². The quantitative estimate of drug-likeness (QED) is 0.0423. The van der Waals surface area contributed by atoms with E-state index in [4.69, 9.17) is 9.47 Å². The van der Waals surface area contributed by atoms with Crippen LogP contribution in [0.5, 0.6) is 0 Å². The van der Waals surface area contributed by atoms with E-state index in [0.717, 1.165) is 25.7 Å². The molecule has 0 aromatic carbocycles. The van der Waals surface area contributed by atoms with Crippen LogP contribution in [0.15, 0.2) is 12.2 Å². The van der Waals surface area contributed by atoms with Gasteiger partial charge in [-0.25, -0.2) is 0 Å². The molecule has 0 radical (unpaired) electrons. The summed E-state index contributed by atoms with van der Waals surface area (Å²) in [4.78, 5) is 23.8. The molecule has 0 aromatic rings. The van der Waals surface area contributed by atoms with Gasteiger partial charge in [-0.1, -0.05) is 167 Å². The molecule has 0 rings (SSSR count). The number of rotatable bonds is 34. The van der Waals surface area contributed by atoms with Crippen molar-refractivity contribution in [3.8, 4) is 0 Å². The number of allylic oxidation sites excluding steroid dienone is 2. The smallest absolute Gasteiger partial charge is 0.305 e. The Bertz CT molecular complexity index is 586. The summed E-state index contributed by atoms with van der Waals surface area (Å²) in [5.41, 5.74) is 0. The first-order chi connectivity index (χ1) is 20.7. The second-order valence-electron chi connectivity index (χ2n) is 12.5. The Kier molecular flexibility index (Phi) is 34.7. The number of carbonyl (C=O) groups excluding carboxylic acids is 2.